The largest absolute Gasteiger partial charge is 0.451 e. The van der Waals surface area contributed by atoms with Crippen LogP contribution in [0.2, 0.25) is 0 Å². The predicted octanol–water partition coefficient (Wildman–Crippen LogP) is 1.97. The number of para-hydroxylation sites is 1. The molecule has 0 bridgehead atoms. The number of amides is 1. The molecule has 25 heavy (non-hydrogen) atoms. The Morgan fingerprint density at radius 2 is 2.04 bits per heavy atom. The third-order valence-electron chi connectivity index (χ3n) is 3.18. The molecule has 0 radical (unpaired) electrons. The summed E-state index contributed by atoms with van der Waals surface area (Å²) in [6, 6.07) is 12.7. The lowest BCUT2D eigenvalue weighted by molar-refractivity contribution is -0.154. The van der Waals surface area contributed by atoms with Crippen LogP contribution in [-0.4, -0.2) is 38.2 Å². The smallest absolute Gasteiger partial charge is 0.330 e. The Morgan fingerprint density at radius 3 is 2.76 bits per heavy atom. The third kappa shape index (κ3) is 4.48. The lowest BCUT2D eigenvalue weighted by Gasteiger charge is -2.13. The highest BCUT2D eigenvalue weighted by atomic mass is 32.1. The minimum Gasteiger partial charge on any atom is -0.451 e. The summed E-state index contributed by atoms with van der Waals surface area (Å²) >= 11 is 1.48. The molecule has 128 valence electrons. The Labute approximate surface area is 147 Å². The fraction of sp³-hybridized carbons (Fsp3) is 0.188. The lowest BCUT2D eigenvalue weighted by Crippen LogP contribution is -2.31. The second-order valence-electron chi connectivity index (χ2n) is 5.11. The highest BCUT2D eigenvalue weighted by Crippen LogP contribution is 2.19. The van der Waals surface area contributed by atoms with Crippen LogP contribution in [0.3, 0.4) is 0 Å². The number of hydrogen-bond donors (Lipinski definition) is 1. The fourth-order valence-corrected chi connectivity index (χ4v) is 2.63. The van der Waals surface area contributed by atoms with E-state index in [0.29, 0.717) is 11.5 Å². The molecular formula is C16H15N5O3S. The number of thiophene rings is 1. The Morgan fingerprint density at radius 1 is 1.24 bits per heavy atom. The van der Waals surface area contributed by atoms with Crippen LogP contribution >= 0.6 is 11.3 Å². The van der Waals surface area contributed by atoms with Crippen LogP contribution < -0.4 is 5.32 Å². The van der Waals surface area contributed by atoms with Gasteiger partial charge in [-0.3, -0.25) is 4.79 Å². The van der Waals surface area contributed by atoms with Gasteiger partial charge in [-0.1, -0.05) is 24.3 Å². The number of tetrazole rings is 1. The molecule has 0 aliphatic heterocycles. The van der Waals surface area contributed by atoms with E-state index in [1.807, 2.05) is 23.6 Å². The molecule has 3 aromatic rings. The number of ether oxygens (including phenoxy) is 1. The van der Waals surface area contributed by atoms with Crippen molar-refractivity contribution >= 4 is 28.9 Å². The molecule has 0 spiro atoms. The van der Waals surface area contributed by atoms with Crippen LogP contribution in [0.1, 0.15) is 6.92 Å². The normalized spacial score (nSPS) is 11.7. The molecule has 2 heterocycles. The quantitative estimate of drug-likeness (QED) is 0.677. The Balaban J connectivity index is 1.52. The van der Waals surface area contributed by atoms with Crippen LogP contribution in [-0.2, 0) is 20.9 Å². The number of hydrogen-bond acceptors (Lipinski definition) is 7. The van der Waals surface area contributed by atoms with Gasteiger partial charge in [-0.05, 0) is 35.7 Å². The van der Waals surface area contributed by atoms with Crippen LogP contribution in [0, 0.1) is 0 Å². The van der Waals surface area contributed by atoms with Gasteiger partial charge < -0.3 is 10.1 Å². The summed E-state index contributed by atoms with van der Waals surface area (Å²) in [6.07, 6.45) is -0.937. The summed E-state index contributed by atoms with van der Waals surface area (Å²) < 4.78 is 5.11. The van der Waals surface area contributed by atoms with E-state index < -0.39 is 18.0 Å². The van der Waals surface area contributed by atoms with Crippen molar-refractivity contribution in [2.24, 2.45) is 0 Å². The first-order chi connectivity index (χ1) is 12.1. The zero-order valence-electron chi connectivity index (χ0n) is 13.3. The number of anilines is 1. The second kappa shape index (κ2) is 7.67. The molecule has 0 fully saturated rings. The summed E-state index contributed by atoms with van der Waals surface area (Å²) in [5.74, 6) is -0.589. The van der Waals surface area contributed by atoms with Crippen molar-refractivity contribution in [3.05, 3.63) is 47.8 Å². The Hall–Kier alpha value is -3.07. The lowest BCUT2D eigenvalue weighted by atomic mass is 10.3. The highest BCUT2D eigenvalue weighted by molar-refractivity contribution is 7.13. The maximum absolute atomic E-state index is 12.0. The van der Waals surface area contributed by atoms with Gasteiger partial charge in [0.25, 0.3) is 5.91 Å². The number of nitrogens with zero attached hydrogens (tertiary/aromatic N) is 4. The van der Waals surface area contributed by atoms with Gasteiger partial charge in [-0.25, -0.2) is 4.79 Å². The van der Waals surface area contributed by atoms with E-state index in [9.17, 15) is 9.59 Å². The zero-order valence-corrected chi connectivity index (χ0v) is 14.1. The first kappa shape index (κ1) is 16.8. The molecule has 3 rings (SSSR count). The van der Waals surface area contributed by atoms with Crippen LogP contribution in [0.15, 0.2) is 47.8 Å². The summed E-state index contributed by atoms with van der Waals surface area (Å²) in [7, 11) is 0. The van der Waals surface area contributed by atoms with Gasteiger partial charge in [0, 0.05) is 5.69 Å². The fourth-order valence-electron chi connectivity index (χ4n) is 1.98. The van der Waals surface area contributed by atoms with Crippen molar-refractivity contribution in [2.75, 3.05) is 5.32 Å². The van der Waals surface area contributed by atoms with E-state index in [0.717, 1.165) is 9.67 Å². The molecule has 0 aliphatic carbocycles. The topological polar surface area (TPSA) is 99.0 Å². The summed E-state index contributed by atoms with van der Waals surface area (Å²) in [4.78, 5) is 26.0. The van der Waals surface area contributed by atoms with Gasteiger partial charge in [0.05, 0.1) is 4.88 Å². The van der Waals surface area contributed by atoms with Gasteiger partial charge in [0.2, 0.25) is 5.82 Å². The molecule has 1 aromatic carbocycles. The minimum absolute atomic E-state index is 0.221. The van der Waals surface area contributed by atoms with E-state index in [4.69, 9.17) is 4.74 Å². The number of benzene rings is 1. The average Bonchev–Trinajstić information content (AvgIpc) is 3.26. The third-order valence-corrected chi connectivity index (χ3v) is 4.05. The van der Waals surface area contributed by atoms with Gasteiger partial charge in [0.15, 0.2) is 12.6 Å². The van der Waals surface area contributed by atoms with Crippen LogP contribution in [0.4, 0.5) is 5.69 Å². The number of esters is 1. The van der Waals surface area contributed by atoms with Gasteiger partial charge >= 0.3 is 5.97 Å². The van der Waals surface area contributed by atoms with Crippen LogP contribution in [0.25, 0.3) is 10.7 Å². The molecule has 1 amide bonds. The number of carbonyl (C=O) groups excluding carboxylic acids is 2. The van der Waals surface area contributed by atoms with Crippen molar-refractivity contribution < 1.29 is 14.3 Å². The zero-order chi connectivity index (χ0) is 17.6. The minimum atomic E-state index is -0.937. The van der Waals surface area contributed by atoms with E-state index in [2.05, 4.69) is 20.7 Å². The van der Waals surface area contributed by atoms with E-state index in [1.165, 1.54) is 18.3 Å². The summed E-state index contributed by atoms with van der Waals surface area (Å²) in [5, 5.41) is 16.4. The second-order valence-corrected chi connectivity index (χ2v) is 6.06. The monoisotopic (exact) mass is 357 g/mol. The van der Waals surface area contributed by atoms with Gasteiger partial charge in [-0.15, -0.1) is 21.5 Å². The van der Waals surface area contributed by atoms with Gasteiger partial charge in [0.1, 0.15) is 0 Å². The van der Waals surface area contributed by atoms with E-state index in [1.54, 1.807) is 24.3 Å². The predicted molar refractivity (Wildman–Crippen MR) is 91.8 cm³/mol. The molecule has 0 saturated carbocycles. The molecule has 9 heteroatoms. The van der Waals surface area contributed by atoms with Crippen molar-refractivity contribution in [1.29, 1.82) is 0 Å². The molecular weight excluding hydrogens is 342 g/mol. The van der Waals surface area contributed by atoms with Crippen LogP contribution in [0.5, 0.6) is 0 Å². The number of nitrogens with one attached hydrogen (secondary N) is 1. The SMILES string of the molecule is C[C@H](OC(=O)Cn1nnc(-c2cccs2)n1)C(=O)Nc1ccccc1. The van der Waals surface area contributed by atoms with Gasteiger partial charge in [-0.2, -0.15) is 4.80 Å². The average molecular weight is 357 g/mol. The Bertz CT molecular complexity index is 848. The van der Waals surface area contributed by atoms with Crippen molar-refractivity contribution in [1.82, 2.24) is 20.2 Å². The molecule has 0 unspecified atom stereocenters. The first-order valence-electron chi connectivity index (χ1n) is 7.49. The number of carbonyl (C=O) groups is 2. The summed E-state index contributed by atoms with van der Waals surface area (Å²) in [5.41, 5.74) is 0.633. The van der Waals surface area contributed by atoms with E-state index in [-0.39, 0.29) is 6.54 Å². The molecule has 8 nitrogen and oxygen atoms in total. The molecule has 1 N–H and O–H groups in total. The maximum Gasteiger partial charge on any atom is 0.330 e. The van der Waals surface area contributed by atoms with E-state index >= 15 is 0 Å². The highest BCUT2D eigenvalue weighted by Gasteiger charge is 2.19. The number of rotatable bonds is 6. The summed E-state index contributed by atoms with van der Waals surface area (Å²) in [6.45, 7) is 1.28. The molecule has 1 atom stereocenters. The molecule has 0 saturated heterocycles. The van der Waals surface area contributed by atoms with Crippen molar-refractivity contribution in [3.63, 3.8) is 0 Å². The van der Waals surface area contributed by atoms with Crippen molar-refractivity contribution in [3.8, 4) is 10.7 Å². The standard InChI is InChI=1S/C16H15N5O3S/c1-11(16(23)17-12-6-3-2-4-7-12)24-14(22)10-21-19-15(18-20-21)13-8-5-9-25-13/h2-9,11H,10H2,1H3,(H,17,23)/t11-/m0/s1. The molecule has 2 aromatic heterocycles. The van der Waals surface area contributed by atoms with Crippen molar-refractivity contribution in [2.45, 2.75) is 19.6 Å². The molecule has 0 aliphatic rings. The Kier molecular flexibility index (Phi) is 5.14. The number of aromatic nitrogens is 4. The maximum atomic E-state index is 12.0. The first-order valence-corrected chi connectivity index (χ1v) is 8.37.